The summed E-state index contributed by atoms with van der Waals surface area (Å²) in [7, 11) is 0. The Morgan fingerprint density at radius 2 is 1.68 bits per heavy atom. The maximum atomic E-state index is 14.2. The highest BCUT2D eigenvalue weighted by Gasteiger charge is 2.38. The largest absolute Gasteiger partial charge is 0.492 e. The molecule has 1 spiro atoms. The van der Waals surface area contributed by atoms with Crippen molar-refractivity contribution in [2.24, 2.45) is 5.41 Å². The third-order valence-electron chi connectivity index (χ3n) is 9.48. The Bertz CT molecular complexity index is 1730. The van der Waals surface area contributed by atoms with Crippen LogP contribution in [-0.4, -0.2) is 70.9 Å². The van der Waals surface area contributed by atoms with Gasteiger partial charge < -0.3 is 19.4 Å². The van der Waals surface area contributed by atoms with Gasteiger partial charge in [-0.15, -0.1) is 0 Å². The molecule has 0 unspecified atom stereocenters. The van der Waals surface area contributed by atoms with Gasteiger partial charge in [-0.25, -0.2) is 4.98 Å². The van der Waals surface area contributed by atoms with E-state index in [1.54, 1.807) is 18.5 Å². The van der Waals surface area contributed by atoms with Gasteiger partial charge >= 0.3 is 0 Å². The number of nitriles is 1. The molecule has 0 saturated carbocycles. The number of hydrogen-bond acceptors (Lipinski definition) is 7. The van der Waals surface area contributed by atoms with Gasteiger partial charge in [0.05, 0.1) is 23.3 Å². The Hall–Kier alpha value is -5.23. The second kappa shape index (κ2) is 14.5. The Labute approximate surface area is 276 Å². The zero-order chi connectivity index (χ0) is 32.6. The molecule has 1 fully saturated rings. The lowest BCUT2D eigenvalue weighted by molar-refractivity contribution is 0.0363. The van der Waals surface area contributed by atoms with Gasteiger partial charge in [0.1, 0.15) is 17.6 Å². The van der Waals surface area contributed by atoms with Gasteiger partial charge in [-0.2, -0.15) is 5.26 Å². The fourth-order valence-corrected chi connectivity index (χ4v) is 6.62. The van der Waals surface area contributed by atoms with E-state index in [1.807, 2.05) is 89.5 Å². The Morgan fingerprint density at radius 1 is 0.894 bits per heavy atom. The zero-order valence-corrected chi connectivity index (χ0v) is 26.8. The number of pyridine rings is 2. The molecule has 4 aromatic rings. The normalized spacial score (nSPS) is 17.0. The highest BCUT2D eigenvalue weighted by atomic mass is 16.5. The van der Waals surface area contributed by atoms with Crippen molar-refractivity contribution >= 4 is 17.6 Å². The predicted molar refractivity (Wildman–Crippen MR) is 180 cm³/mol. The number of para-hydroxylation sites is 1. The van der Waals surface area contributed by atoms with Crippen LogP contribution >= 0.6 is 0 Å². The Kier molecular flexibility index (Phi) is 9.77. The van der Waals surface area contributed by atoms with Crippen LogP contribution in [0, 0.1) is 23.7 Å². The predicted octanol–water partition coefficient (Wildman–Crippen LogP) is 5.90. The summed E-state index contributed by atoms with van der Waals surface area (Å²) < 4.78 is 6.58. The van der Waals surface area contributed by atoms with Crippen LogP contribution in [0.2, 0.25) is 0 Å². The quantitative estimate of drug-likeness (QED) is 0.277. The number of nitrogens with zero attached hydrogens (tertiary/aromatic N) is 6. The lowest BCUT2D eigenvalue weighted by Crippen LogP contribution is -2.46. The molecule has 240 valence electrons. The van der Waals surface area contributed by atoms with E-state index in [0.29, 0.717) is 61.8 Å². The first-order valence-electron chi connectivity index (χ1n) is 16.3. The molecular formula is C38H40N6O3. The zero-order valence-electron chi connectivity index (χ0n) is 26.8. The van der Waals surface area contributed by atoms with Crippen LogP contribution in [0.5, 0.6) is 5.75 Å². The van der Waals surface area contributed by atoms with Gasteiger partial charge in [0.2, 0.25) is 0 Å². The van der Waals surface area contributed by atoms with Crippen LogP contribution in [0.4, 0.5) is 5.82 Å². The molecule has 47 heavy (non-hydrogen) atoms. The summed E-state index contributed by atoms with van der Waals surface area (Å²) in [5, 5.41) is 9.34. The molecule has 2 aliphatic rings. The monoisotopic (exact) mass is 628 g/mol. The summed E-state index contributed by atoms with van der Waals surface area (Å²) in [5.41, 5.74) is 3.32. The van der Waals surface area contributed by atoms with Gasteiger partial charge in [-0.05, 0) is 74.6 Å². The molecule has 9 nitrogen and oxygen atoms in total. The maximum Gasteiger partial charge on any atom is 0.257 e. The lowest BCUT2D eigenvalue weighted by Gasteiger charge is -2.42. The summed E-state index contributed by atoms with van der Waals surface area (Å²) in [5.74, 6) is 1.30. The van der Waals surface area contributed by atoms with E-state index >= 15 is 0 Å². The lowest BCUT2D eigenvalue weighted by atomic mass is 9.75. The number of benzene rings is 2. The van der Waals surface area contributed by atoms with E-state index in [1.165, 1.54) is 0 Å². The number of piperidine rings is 1. The molecule has 2 amide bonds. The van der Waals surface area contributed by atoms with Crippen LogP contribution < -0.4 is 9.64 Å². The summed E-state index contributed by atoms with van der Waals surface area (Å²) in [6.07, 6.45) is 6.69. The second-order valence-electron chi connectivity index (χ2n) is 12.5. The number of aromatic nitrogens is 2. The Balaban J connectivity index is 1.28. The molecular weight excluding hydrogens is 588 g/mol. The van der Waals surface area contributed by atoms with E-state index in [0.717, 1.165) is 49.3 Å². The van der Waals surface area contributed by atoms with Crippen LogP contribution in [0.15, 0.2) is 91.3 Å². The number of aryl methyl sites for hydroxylation is 1. The van der Waals surface area contributed by atoms with Crippen molar-refractivity contribution in [3.63, 3.8) is 0 Å². The standard InChI is InChI=1S/C38H40N6O3/c1-29-32(12-7-19-40-29)36(45)43-21-17-38(18-22-43)16-8-20-42(35-15-14-31(25-39)26-41-35)23-24-44(27-30-9-3-2-4-10-30)37(46)33-11-5-6-13-34(33)47-28-38/h2-7,9-15,19,26H,8,16-18,20-24,27-28H2,1H3. The van der Waals surface area contributed by atoms with Crippen molar-refractivity contribution in [3.05, 3.63) is 119 Å². The van der Waals surface area contributed by atoms with Crippen LogP contribution in [0.3, 0.4) is 0 Å². The third-order valence-corrected chi connectivity index (χ3v) is 9.48. The number of amides is 2. The van der Waals surface area contributed by atoms with Crippen molar-refractivity contribution < 1.29 is 14.3 Å². The van der Waals surface area contributed by atoms with E-state index < -0.39 is 0 Å². The first kappa shape index (κ1) is 31.7. The summed E-state index contributed by atoms with van der Waals surface area (Å²) in [6, 6.07) is 27.0. The minimum atomic E-state index is -0.168. The highest BCUT2D eigenvalue weighted by Crippen LogP contribution is 2.38. The van der Waals surface area contributed by atoms with Crippen LogP contribution in [0.1, 0.15) is 63.2 Å². The summed E-state index contributed by atoms with van der Waals surface area (Å²) in [4.78, 5) is 42.6. The molecule has 0 bridgehead atoms. The number of ether oxygens (including phenoxy) is 1. The molecule has 4 heterocycles. The Morgan fingerprint density at radius 3 is 2.43 bits per heavy atom. The molecule has 2 aromatic carbocycles. The number of likely N-dealkylation sites (tertiary alicyclic amines) is 1. The maximum absolute atomic E-state index is 14.2. The highest BCUT2D eigenvalue weighted by molar-refractivity contribution is 5.97. The first-order valence-corrected chi connectivity index (χ1v) is 16.3. The van der Waals surface area contributed by atoms with Crippen molar-refractivity contribution in [1.82, 2.24) is 19.8 Å². The number of rotatable bonds is 4. The van der Waals surface area contributed by atoms with Gasteiger partial charge in [0.25, 0.3) is 11.8 Å². The number of carbonyl (C=O) groups is 2. The van der Waals surface area contributed by atoms with E-state index in [9.17, 15) is 14.9 Å². The van der Waals surface area contributed by atoms with E-state index in [-0.39, 0.29) is 17.2 Å². The van der Waals surface area contributed by atoms with Crippen molar-refractivity contribution in [1.29, 1.82) is 5.26 Å². The van der Waals surface area contributed by atoms with Gasteiger partial charge in [-0.3, -0.25) is 14.6 Å². The summed E-state index contributed by atoms with van der Waals surface area (Å²) >= 11 is 0. The molecule has 1 saturated heterocycles. The van der Waals surface area contributed by atoms with Crippen molar-refractivity contribution in [2.45, 2.75) is 39.2 Å². The minimum Gasteiger partial charge on any atom is -0.492 e. The summed E-state index contributed by atoms with van der Waals surface area (Å²) in [6.45, 7) is 5.85. The third kappa shape index (κ3) is 7.44. The van der Waals surface area contributed by atoms with Crippen molar-refractivity contribution in [2.75, 3.05) is 44.2 Å². The van der Waals surface area contributed by atoms with Gasteiger partial charge in [-0.1, -0.05) is 42.5 Å². The molecule has 0 N–H and O–H groups in total. The van der Waals surface area contributed by atoms with E-state index in [4.69, 9.17) is 4.74 Å². The van der Waals surface area contributed by atoms with Gasteiger partial charge in [0.15, 0.2) is 0 Å². The van der Waals surface area contributed by atoms with Crippen molar-refractivity contribution in [3.8, 4) is 11.8 Å². The SMILES string of the molecule is Cc1ncccc1C(=O)N1CCC2(CCCN(c3ccc(C#N)cn3)CCN(Cc3ccccc3)C(=O)c3ccccc3OC2)CC1. The number of carbonyl (C=O) groups excluding carboxylic acids is 2. The topological polar surface area (TPSA) is 103 Å². The molecule has 2 aromatic heterocycles. The molecule has 9 heteroatoms. The average molecular weight is 629 g/mol. The van der Waals surface area contributed by atoms with E-state index in [2.05, 4.69) is 20.9 Å². The second-order valence-corrected chi connectivity index (χ2v) is 12.5. The number of anilines is 1. The fourth-order valence-electron chi connectivity index (χ4n) is 6.62. The minimum absolute atomic E-state index is 0.0172. The number of hydrogen-bond donors (Lipinski definition) is 0. The first-order chi connectivity index (χ1) is 22.9. The van der Waals surface area contributed by atoms with Crippen LogP contribution in [0.25, 0.3) is 0 Å². The number of fused-ring (bicyclic) bond motifs is 1. The average Bonchev–Trinajstić information content (AvgIpc) is 3.12. The molecule has 0 aliphatic carbocycles. The molecule has 0 atom stereocenters. The molecule has 0 radical (unpaired) electrons. The van der Waals surface area contributed by atoms with Gasteiger partial charge in [0, 0.05) is 62.8 Å². The molecule has 2 aliphatic heterocycles. The fraction of sp³-hybridized carbons (Fsp3) is 0.342. The smallest absolute Gasteiger partial charge is 0.257 e. The van der Waals surface area contributed by atoms with Crippen LogP contribution in [-0.2, 0) is 6.54 Å². The molecule has 6 rings (SSSR count).